The van der Waals surface area contributed by atoms with Gasteiger partial charge in [-0.25, -0.2) is 4.79 Å². The quantitative estimate of drug-likeness (QED) is 0.615. The number of benzene rings is 1. The minimum atomic E-state index is -5.08. The van der Waals surface area contributed by atoms with E-state index in [9.17, 15) is 22.8 Å². The van der Waals surface area contributed by atoms with Gasteiger partial charge < -0.3 is 15.7 Å². The fraction of sp³-hybridized carbons (Fsp3) is 0.421. The van der Waals surface area contributed by atoms with Crippen molar-refractivity contribution in [2.24, 2.45) is 5.73 Å². The molecule has 0 radical (unpaired) electrons. The summed E-state index contributed by atoms with van der Waals surface area (Å²) in [5.41, 5.74) is 7.65. The predicted molar refractivity (Wildman–Crippen MR) is 99.4 cm³/mol. The first-order valence-electron chi connectivity index (χ1n) is 8.85. The fourth-order valence-electron chi connectivity index (χ4n) is 2.51. The number of alkyl halides is 3. The smallest absolute Gasteiger partial charge is 0.475 e. The SMILES string of the molecule is CC[C@@H](/C=C/C(=O)N1Cc2ccccc2C1)N[C@@H](C)C(N)=O.O=C(O)C(F)(F)F. The fourth-order valence-corrected chi connectivity index (χ4v) is 2.51. The molecule has 1 aliphatic rings. The van der Waals surface area contributed by atoms with Crippen LogP contribution in [0.2, 0.25) is 0 Å². The number of amides is 2. The van der Waals surface area contributed by atoms with E-state index in [2.05, 4.69) is 17.4 Å². The van der Waals surface area contributed by atoms with E-state index in [0.717, 1.165) is 6.42 Å². The van der Waals surface area contributed by atoms with Crippen LogP contribution in [0.1, 0.15) is 31.4 Å². The van der Waals surface area contributed by atoms with E-state index in [4.69, 9.17) is 15.6 Å². The summed E-state index contributed by atoms with van der Waals surface area (Å²) < 4.78 is 31.7. The Bertz CT molecular complexity index is 740. The zero-order chi connectivity index (χ0) is 22.2. The molecule has 2 atom stereocenters. The highest BCUT2D eigenvalue weighted by Gasteiger charge is 2.38. The molecule has 0 saturated heterocycles. The van der Waals surface area contributed by atoms with Gasteiger partial charge in [0.2, 0.25) is 11.8 Å². The number of primary amides is 1. The van der Waals surface area contributed by atoms with Gasteiger partial charge in [0.15, 0.2) is 0 Å². The van der Waals surface area contributed by atoms with Crippen LogP contribution in [0.25, 0.3) is 0 Å². The van der Waals surface area contributed by atoms with Crippen molar-refractivity contribution < 1.29 is 32.7 Å². The molecule has 29 heavy (non-hydrogen) atoms. The van der Waals surface area contributed by atoms with Gasteiger partial charge in [0.25, 0.3) is 0 Å². The molecule has 0 saturated carbocycles. The number of aliphatic carboxylic acids is 1. The first-order valence-corrected chi connectivity index (χ1v) is 8.85. The van der Waals surface area contributed by atoms with Gasteiger partial charge >= 0.3 is 12.1 Å². The van der Waals surface area contributed by atoms with E-state index in [-0.39, 0.29) is 11.9 Å². The molecule has 0 spiro atoms. The Morgan fingerprint density at radius 1 is 1.24 bits per heavy atom. The van der Waals surface area contributed by atoms with E-state index < -0.39 is 24.1 Å². The molecular weight excluding hydrogens is 391 g/mol. The number of carbonyl (C=O) groups is 3. The number of fused-ring (bicyclic) bond motifs is 1. The second-order valence-corrected chi connectivity index (χ2v) is 6.43. The van der Waals surface area contributed by atoms with Crippen LogP contribution in [-0.2, 0) is 27.5 Å². The summed E-state index contributed by atoms with van der Waals surface area (Å²) in [5.74, 6) is -3.16. The number of carboxylic acid groups (broad SMARTS) is 1. The summed E-state index contributed by atoms with van der Waals surface area (Å²) in [6.45, 7) is 5.02. The summed E-state index contributed by atoms with van der Waals surface area (Å²) in [6, 6.07) is 7.63. The second kappa shape index (κ2) is 10.6. The summed E-state index contributed by atoms with van der Waals surface area (Å²) in [5, 5.41) is 10.2. The lowest BCUT2D eigenvalue weighted by Gasteiger charge is -2.18. The Hall–Kier alpha value is -2.88. The van der Waals surface area contributed by atoms with Gasteiger partial charge in [0.05, 0.1) is 6.04 Å². The highest BCUT2D eigenvalue weighted by Crippen LogP contribution is 2.22. The number of carboxylic acids is 1. The van der Waals surface area contributed by atoms with E-state index >= 15 is 0 Å². The summed E-state index contributed by atoms with van der Waals surface area (Å²) in [6.07, 6.45) is -0.910. The van der Waals surface area contributed by atoms with Crippen molar-refractivity contribution in [2.75, 3.05) is 0 Å². The van der Waals surface area contributed by atoms with Gasteiger partial charge in [-0.3, -0.25) is 14.9 Å². The zero-order valence-electron chi connectivity index (χ0n) is 16.1. The van der Waals surface area contributed by atoms with Gasteiger partial charge in [-0.05, 0) is 24.5 Å². The second-order valence-electron chi connectivity index (χ2n) is 6.43. The Labute approximate surface area is 166 Å². The number of hydrogen-bond acceptors (Lipinski definition) is 4. The van der Waals surface area contributed by atoms with Crippen molar-refractivity contribution in [3.63, 3.8) is 0 Å². The Kier molecular flexibility index (Phi) is 8.84. The van der Waals surface area contributed by atoms with Crippen molar-refractivity contribution in [1.29, 1.82) is 0 Å². The van der Waals surface area contributed by atoms with E-state index in [0.29, 0.717) is 13.1 Å². The molecule has 1 aliphatic heterocycles. The van der Waals surface area contributed by atoms with Crippen LogP contribution in [0.3, 0.4) is 0 Å². The van der Waals surface area contributed by atoms with Gasteiger partial charge in [-0.2, -0.15) is 13.2 Å². The maximum absolute atomic E-state index is 12.3. The third kappa shape index (κ3) is 7.94. The molecule has 0 aliphatic carbocycles. The van der Waals surface area contributed by atoms with Crippen LogP contribution in [0.15, 0.2) is 36.4 Å². The minimum Gasteiger partial charge on any atom is -0.475 e. The minimum absolute atomic E-state index is 0.0109. The normalized spacial score (nSPS) is 15.3. The van der Waals surface area contributed by atoms with E-state index in [1.807, 2.05) is 30.0 Å². The zero-order valence-corrected chi connectivity index (χ0v) is 16.1. The van der Waals surface area contributed by atoms with Crippen molar-refractivity contribution in [3.8, 4) is 0 Å². The van der Waals surface area contributed by atoms with Crippen LogP contribution in [0.5, 0.6) is 0 Å². The number of nitrogens with two attached hydrogens (primary N) is 1. The molecule has 2 rings (SSSR count). The van der Waals surface area contributed by atoms with Gasteiger partial charge in [-0.1, -0.05) is 37.3 Å². The topological polar surface area (TPSA) is 113 Å². The first-order chi connectivity index (χ1) is 13.5. The maximum atomic E-state index is 12.3. The molecule has 0 bridgehead atoms. The molecule has 0 fully saturated rings. The average Bonchev–Trinajstić information content (AvgIpc) is 3.08. The monoisotopic (exact) mass is 415 g/mol. The Morgan fingerprint density at radius 2 is 1.72 bits per heavy atom. The van der Waals surface area contributed by atoms with Crippen LogP contribution in [0.4, 0.5) is 13.2 Å². The molecule has 0 aromatic heterocycles. The molecule has 10 heteroatoms. The Balaban J connectivity index is 0.000000516. The van der Waals surface area contributed by atoms with Crippen molar-refractivity contribution in [2.45, 2.75) is 51.6 Å². The van der Waals surface area contributed by atoms with Crippen LogP contribution in [0, 0.1) is 0 Å². The van der Waals surface area contributed by atoms with E-state index in [1.54, 1.807) is 13.0 Å². The highest BCUT2D eigenvalue weighted by molar-refractivity contribution is 5.88. The lowest BCUT2D eigenvalue weighted by Crippen LogP contribution is -2.43. The van der Waals surface area contributed by atoms with Gasteiger partial charge in [-0.15, -0.1) is 0 Å². The molecule has 4 N–H and O–H groups in total. The summed E-state index contributed by atoms with van der Waals surface area (Å²) in [4.78, 5) is 34.1. The number of rotatable bonds is 6. The third-order valence-electron chi connectivity index (χ3n) is 4.20. The number of nitrogens with one attached hydrogen (secondary N) is 1. The lowest BCUT2D eigenvalue weighted by atomic mass is 10.1. The van der Waals surface area contributed by atoms with Crippen LogP contribution >= 0.6 is 0 Å². The van der Waals surface area contributed by atoms with Crippen molar-refractivity contribution >= 4 is 17.8 Å². The molecule has 1 heterocycles. The molecule has 7 nitrogen and oxygen atoms in total. The number of hydrogen-bond donors (Lipinski definition) is 3. The standard InChI is InChI=1S/C17H23N3O2.C2HF3O2/c1-3-15(19-12(2)17(18)22)8-9-16(21)20-10-13-6-4-5-7-14(13)11-20;3-2(4,5)1(6)7/h4-9,12,15,19H,3,10-11H2,1-2H3,(H2,18,22);(H,6,7)/b9-8+;/t12-,15-;/m0./s1. The number of carbonyl (C=O) groups excluding carboxylic acids is 2. The number of nitrogens with zero attached hydrogens (tertiary/aromatic N) is 1. The highest BCUT2D eigenvalue weighted by atomic mass is 19.4. The van der Waals surface area contributed by atoms with Gasteiger partial charge in [0.1, 0.15) is 0 Å². The molecule has 1 aromatic carbocycles. The maximum Gasteiger partial charge on any atom is 0.490 e. The molecule has 2 amide bonds. The lowest BCUT2D eigenvalue weighted by molar-refractivity contribution is -0.192. The third-order valence-corrected chi connectivity index (χ3v) is 4.20. The summed E-state index contributed by atoms with van der Waals surface area (Å²) in [7, 11) is 0. The van der Waals surface area contributed by atoms with Crippen molar-refractivity contribution in [1.82, 2.24) is 10.2 Å². The summed E-state index contributed by atoms with van der Waals surface area (Å²) >= 11 is 0. The van der Waals surface area contributed by atoms with E-state index in [1.165, 1.54) is 11.1 Å². The molecular formula is C19H24F3N3O4. The van der Waals surface area contributed by atoms with Crippen LogP contribution < -0.4 is 11.1 Å². The Morgan fingerprint density at radius 3 is 2.10 bits per heavy atom. The van der Waals surface area contributed by atoms with Gasteiger partial charge in [0, 0.05) is 25.2 Å². The average molecular weight is 415 g/mol. The van der Waals surface area contributed by atoms with Crippen LogP contribution in [-0.4, -0.2) is 46.1 Å². The molecule has 1 aromatic rings. The molecule has 0 unspecified atom stereocenters. The number of halogens is 3. The largest absolute Gasteiger partial charge is 0.490 e. The van der Waals surface area contributed by atoms with Crippen molar-refractivity contribution in [3.05, 3.63) is 47.5 Å². The first kappa shape index (κ1) is 24.2. The molecule has 160 valence electrons. The predicted octanol–water partition coefficient (Wildman–Crippen LogP) is 1.96.